The Bertz CT molecular complexity index is 485. The summed E-state index contributed by atoms with van der Waals surface area (Å²) in [5, 5.41) is 11.6. The molecule has 0 unspecified atom stereocenters. The average molecular weight is 291 g/mol. The summed E-state index contributed by atoms with van der Waals surface area (Å²) in [4.78, 5) is 13.4. The summed E-state index contributed by atoms with van der Waals surface area (Å²) in [6.07, 6.45) is 0. The molecule has 0 saturated carbocycles. The topological polar surface area (TPSA) is 74.6 Å². The van der Waals surface area contributed by atoms with Crippen LogP contribution in [0.25, 0.3) is 0 Å². The number of hydrogen-bond donors (Lipinski definition) is 1. The Morgan fingerprint density at radius 1 is 1.43 bits per heavy atom. The fraction of sp³-hybridized carbons (Fsp3) is 0.467. The van der Waals surface area contributed by atoms with E-state index in [1.165, 1.54) is 0 Å². The molecular weight excluding hydrogens is 270 g/mol. The lowest BCUT2D eigenvalue weighted by Gasteiger charge is -2.16. The fourth-order valence-corrected chi connectivity index (χ4v) is 1.65. The van der Waals surface area contributed by atoms with E-state index in [-0.39, 0.29) is 5.91 Å². The molecule has 1 amide bonds. The van der Waals surface area contributed by atoms with Crippen LogP contribution in [0.5, 0.6) is 5.75 Å². The molecule has 0 aliphatic rings. The highest BCUT2D eigenvalue weighted by Gasteiger charge is 2.06. The number of ether oxygens (including phenoxy) is 2. The molecule has 0 fully saturated rings. The Hall–Kier alpha value is -2.10. The summed E-state index contributed by atoms with van der Waals surface area (Å²) >= 11 is 0. The fourth-order valence-electron chi connectivity index (χ4n) is 1.65. The van der Waals surface area contributed by atoms with E-state index in [9.17, 15) is 4.79 Å². The van der Waals surface area contributed by atoms with Crippen molar-refractivity contribution < 1.29 is 14.3 Å². The molecule has 0 spiro atoms. The van der Waals surface area contributed by atoms with Gasteiger partial charge in [-0.1, -0.05) is 6.07 Å². The first kappa shape index (κ1) is 17.0. The van der Waals surface area contributed by atoms with Crippen LogP contribution in [0.15, 0.2) is 24.3 Å². The Morgan fingerprint density at radius 2 is 2.24 bits per heavy atom. The van der Waals surface area contributed by atoms with Gasteiger partial charge in [0.1, 0.15) is 12.4 Å². The molecule has 0 saturated heterocycles. The Kier molecular flexibility index (Phi) is 7.87. The van der Waals surface area contributed by atoms with Crippen LogP contribution in [0.1, 0.15) is 5.56 Å². The number of likely N-dealkylation sites (N-methyl/N-ethyl adjacent to an activating group) is 1. The molecule has 6 nitrogen and oxygen atoms in total. The van der Waals surface area contributed by atoms with Crippen LogP contribution in [0.2, 0.25) is 0 Å². The molecule has 0 aliphatic heterocycles. The predicted octanol–water partition coefficient (Wildman–Crippen LogP) is 0.631. The van der Waals surface area contributed by atoms with Crippen molar-refractivity contribution in [1.82, 2.24) is 10.2 Å². The number of hydrogen-bond acceptors (Lipinski definition) is 5. The zero-order chi connectivity index (χ0) is 15.5. The zero-order valence-corrected chi connectivity index (χ0v) is 12.5. The van der Waals surface area contributed by atoms with E-state index in [1.807, 2.05) is 11.9 Å². The quantitative estimate of drug-likeness (QED) is 0.676. The van der Waals surface area contributed by atoms with E-state index < -0.39 is 0 Å². The van der Waals surface area contributed by atoms with Gasteiger partial charge in [-0.3, -0.25) is 9.69 Å². The van der Waals surface area contributed by atoms with Crippen LogP contribution < -0.4 is 10.1 Å². The monoisotopic (exact) mass is 291 g/mol. The van der Waals surface area contributed by atoms with E-state index in [0.717, 1.165) is 0 Å². The minimum Gasteiger partial charge on any atom is -0.492 e. The maximum atomic E-state index is 11.6. The number of amides is 1. The molecule has 1 aromatic rings. The van der Waals surface area contributed by atoms with Gasteiger partial charge in [0, 0.05) is 20.2 Å². The van der Waals surface area contributed by atoms with Crippen molar-refractivity contribution in [3.63, 3.8) is 0 Å². The second-order valence-corrected chi connectivity index (χ2v) is 4.57. The third kappa shape index (κ3) is 7.30. The number of carbonyl (C=O) groups is 1. The summed E-state index contributed by atoms with van der Waals surface area (Å²) in [7, 11) is 3.45. The zero-order valence-electron chi connectivity index (χ0n) is 12.5. The molecule has 0 bridgehead atoms. The molecule has 0 radical (unpaired) electrons. The first-order chi connectivity index (χ1) is 10.2. The van der Waals surface area contributed by atoms with Crippen molar-refractivity contribution in [2.45, 2.75) is 0 Å². The molecular formula is C15H21N3O3. The minimum absolute atomic E-state index is 0.0407. The highest BCUT2D eigenvalue weighted by molar-refractivity contribution is 5.77. The third-order valence-corrected chi connectivity index (χ3v) is 2.75. The van der Waals surface area contributed by atoms with Crippen LogP contribution in [0, 0.1) is 11.3 Å². The van der Waals surface area contributed by atoms with Gasteiger partial charge in [-0.05, 0) is 25.2 Å². The van der Waals surface area contributed by atoms with Crippen molar-refractivity contribution in [2.75, 3.05) is 47.0 Å². The van der Waals surface area contributed by atoms with Gasteiger partial charge in [-0.15, -0.1) is 0 Å². The maximum absolute atomic E-state index is 11.6. The van der Waals surface area contributed by atoms with Gasteiger partial charge in [0.25, 0.3) is 0 Å². The van der Waals surface area contributed by atoms with Crippen LogP contribution in [0.3, 0.4) is 0 Å². The molecule has 21 heavy (non-hydrogen) atoms. The molecule has 0 aromatic heterocycles. The molecule has 1 N–H and O–H groups in total. The average Bonchev–Trinajstić information content (AvgIpc) is 2.47. The first-order valence-electron chi connectivity index (χ1n) is 6.73. The Balaban J connectivity index is 2.22. The second-order valence-electron chi connectivity index (χ2n) is 4.57. The number of rotatable bonds is 9. The minimum atomic E-state index is -0.0407. The number of nitriles is 1. The first-order valence-corrected chi connectivity index (χ1v) is 6.73. The lowest BCUT2D eigenvalue weighted by Crippen LogP contribution is -2.38. The highest BCUT2D eigenvalue weighted by atomic mass is 16.5. The number of nitrogens with one attached hydrogen (secondary N) is 1. The van der Waals surface area contributed by atoms with Crippen molar-refractivity contribution in [3.8, 4) is 11.8 Å². The number of benzene rings is 1. The van der Waals surface area contributed by atoms with Gasteiger partial charge in [0.15, 0.2) is 0 Å². The summed E-state index contributed by atoms with van der Waals surface area (Å²) in [6.45, 7) is 2.41. The van der Waals surface area contributed by atoms with Crippen molar-refractivity contribution in [2.24, 2.45) is 0 Å². The van der Waals surface area contributed by atoms with E-state index in [1.54, 1.807) is 31.4 Å². The largest absolute Gasteiger partial charge is 0.492 e. The number of carbonyl (C=O) groups excluding carboxylic acids is 1. The molecule has 0 heterocycles. The highest BCUT2D eigenvalue weighted by Crippen LogP contribution is 2.12. The SMILES string of the molecule is COCCNC(=O)CN(C)CCOc1cccc(C#N)c1. The van der Waals surface area contributed by atoms with Gasteiger partial charge < -0.3 is 14.8 Å². The Morgan fingerprint density at radius 3 is 2.95 bits per heavy atom. The van der Waals surface area contributed by atoms with Crippen molar-refractivity contribution >= 4 is 5.91 Å². The number of methoxy groups -OCH3 is 1. The van der Waals surface area contributed by atoms with Crippen LogP contribution >= 0.6 is 0 Å². The number of nitrogens with zero attached hydrogens (tertiary/aromatic N) is 2. The lowest BCUT2D eigenvalue weighted by atomic mass is 10.2. The molecule has 114 valence electrons. The lowest BCUT2D eigenvalue weighted by molar-refractivity contribution is -0.122. The summed E-state index contributed by atoms with van der Waals surface area (Å²) in [6, 6.07) is 9.06. The van der Waals surface area contributed by atoms with Crippen LogP contribution in [0.4, 0.5) is 0 Å². The normalized spacial score (nSPS) is 10.2. The van der Waals surface area contributed by atoms with E-state index in [4.69, 9.17) is 14.7 Å². The second kappa shape index (κ2) is 9.75. The predicted molar refractivity (Wildman–Crippen MR) is 79.0 cm³/mol. The van der Waals surface area contributed by atoms with Gasteiger partial charge in [-0.2, -0.15) is 5.26 Å². The summed E-state index contributed by atoms with van der Waals surface area (Å²) in [5.74, 6) is 0.619. The standard InChI is InChI=1S/C15H21N3O3/c1-18(12-15(19)17-6-8-20-2)7-9-21-14-5-3-4-13(10-14)11-16/h3-5,10H,6-9,12H2,1-2H3,(H,17,19). The van der Waals surface area contributed by atoms with E-state index >= 15 is 0 Å². The van der Waals surface area contributed by atoms with Crippen molar-refractivity contribution in [3.05, 3.63) is 29.8 Å². The van der Waals surface area contributed by atoms with Gasteiger partial charge in [-0.25, -0.2) is 0 Å². The summed E-state index contributed by atoms with van der Waals surface area (Å²) < 4.78 is 10.4. The van der Waals surface area contributed by atoms with Gasteiger partial charge in [0.2, 0.25) is 5.91 Å². The summed E-state index contributed by atoms with van der Waals surface area (Å²) in [5.41, 5.74) is 0.568. The smallest absolute Gasteiger partial charge is 0.234 e. The molecule has 1 aromatic carbocycles. The molecule has 0 atom stereocenters. The molecule has 1 rings (SSSR count). The molecule has 0 aliphatic carbocycles. The maximum Gasteiger partial charge on any atom is 0.234 e. The van der Waals surface area contributed by atoms with E-state index in [2.05, 4.69) is 11.4 Å². The Labute approximate surface area is 125 Å². The van der Waals surface area contributed by atoms with Gasteiger partial charge >= 0.3 is 0 Å². The van der Waals surface area contributed by atoms with Crippen molar-refractivity contribution in [1.29, 1.82) is 5.26 Å². The van der Waals surface area contributed by atoms with Crippen LogP contribution in [-0.2, 0) is 9.53 Å². The third-order valence-electron chi connectivity index (χ3n) is 2.75. The van der Waals surface area contributed by atoms with Gasteiger partial charge in [0.05, 0.1) is 24.8 Å². The molecule has 6 heteroatoms. The van der Waals surface area contributed by atoms with Crippen LogP contribution in [-0.4, -0.2) is 57.8 Å². The van der Waals surface area contributed by atoms with E-state index in [0.29, 0.717) is 44.2 Å².